The van der Waals surface area contributed by atoms with Gasteiger partial charge in [0.2, 0.25) is 0 Å². The number of hydrogen-bond acceptors (Lipinski definition) is 4. The highest BCUT2D eigenvalue weighted by Gasteiger charge is 2.34. The van der Waals surface area contributed by atoms with E-state index in [0.717, 1.165) is 30.8 Å². The van der Waals surface area contributed by atoms with Crippen molar-refractivity contribution in [3.05, 3.63) is 23.7 Å². The van der Waals surface area contributed by atoms with E-state index in [0.29, 0.717) is 13.1 Å². The Labute approximate surface area is 139 Å². The van der Waals surface area contributed by atoms with Gasteiger partial charge in [-0.3, -0.25) is 0 Å². The summed E-state index contributed by atoms with van der Waals surface area (Å²) in [7, 11) is 0. The van der Waals surface area contributed by atoms with Gasteiger partial charge in [-0.2, -0.15) is 0 Å². The number of ether oxygens (including phenoxy) is 1. The molecule has 1 saturated carbocycles. The molecule has 0 aliphatic heterocycles. The lowest BCUT2D eigenvalue weighted by molar-refractivity contribution is 0.0509. The minimum atomic E-state index is -0.467. The van der Waals surface area contributed by atoms with Gasteiger partial charge in [-0.05, 0) is 45.7 Å². The number of nitrogens with one attached hydrogen (secondary N) is 2. The zero-order valence-corrected chi connectivity index (χ0v) is 14.8. The molecule has 5 heteroatoms. The van der Waals surface area contributed by atoms with Crippen molar-refractivity contribution in [2.24, 2.45) is 0 Å². The molecule has 0 atom stereocenters. The van der Waals surface area contributed by atoms with Gasteiger partial charge in [-0.15, -0.1) is 0 Å². The smallest absolute Gasteiger partial charge is 0.407 e. The summed E-state index contributed by atoms with van der Waals surface area (Å²) in [4.78, 5) is 11.9. The number of amides is 1. The van der Waals surface area contributed by atoms with E-state index >= 15 is 0 Å². The van der Waals surface area contributed by atoms with E-state index in [-0.39, 0.29) is 11.6 Å². The van der Waals surface area contributed by atoms with Crippen LogP contribution in [-0.2, 0) is 17.7 Å². The van der Waals surface area contributed by atoms with Crippen molar-refractivity contribution in [1.29, 1.82) is 0 Å². The molecular formula is C18H30N2O3. The molecule has 0 unspecified atom stereocenters. The van der Waals surface area contributed by atoms with Crippen LogP contribution in [0.2, 0.25) is 0 Å². The van der Waals surface area contributed by atoms with Crippen LogP contribution in [0.4, 0.5) is 4.79 Å². The molecule has 1 aliphatic carbocycles. The summed E-state index contributed by atoms with van der Waals surface area (Å²) in [6.45, 7) is 8.98. The van der Waals surface area contributed by atoms with E-state index in [9.17, 15) is 4.79 Å². The summed E-state index contributed by atoms with van der Waals surface area (Å²) in [5.41, 5.74) is -0.527. The number of hydrogen-bond donors (Lipinski definition) is 2. The van der Waals surface area contributed by atoms with Crippen LogP contribution in [0.5, 0.6) is 0 Å². The van der Waals surface area contributed by atoms with Crippen LogP contribution in [0.15, 0.2) is 16.5 Å². The number of carbonyl (C=O) groups excluding carboxylic acids is 1. The van der Waals surface area contributed by atoms with Crippen molar-refractivity contribution in [2.75, 3.05) is 6.54 Å². The number of furan rings is 1. The quantitative estimate of drug-likeness (QED) is 0.837. The summed E-state index contributed by atoms with van der Waals surface area (Å²) >= 11 is 0. The Kier molecular flexibility index (Phi) is 5.74. The summed E-state index contributed by atoms with van der Waals surface area (Å²) < 4.78 is 11.1. The predicted octanol–water partition coefficient (Wildman–Crippen LogP) is 3.77. The molecule has 1 amide bonds. The monoisotopic (exact) mass is 322 g/mol. The maximum atomic E-state index is 11.9. The summed E-state index contributed by atoms with van der Waals surface area (Å²) in [6, 6.07) is 4.05. The maximum absolute atomic E-state index is 11.9. The predicted molar refractivity (Wildman–Crippen MR) is 90.4 cm³/mol. The molecule has 2 rings (SSSR count). The van der Waals surface area contributed by atoms with Crippen molar-refractivity contribution in [3.8, 4) is 0 Å². The van der Waals surface area contributed by atoms with E-state index in [4.69, 9.17) is 9.15 Å². The minimum Gasteiger partial charge on any atom is -0.465 e. The average molecular weight is 322 g/mol. The summed E-state index contributed by atoms with van der Waals surface area (Å²) in [5.74, 6) is 1.96. The zero-order valence-electron chi connectivity index (χ0n) is 14.8. The molecule has 0 aromatic carbocycles. The summed E-state index contributed by atoms with van der Waals surface area (Å²) in [5, 5.41) is 6.52. The Morgan fingerprint density at radius 2 is 1.91 bits per heavy atom. The molecule has 0 radical (unpaired) electrons. The van der Waals surface area contributed by atoms with Gasteiger partial charge in [0.25, 0.3) is 0 Å². The van der Waals surface area contributed by atoms with Crippen molar-refractivity contribution in [2.45, 2.75) is 77.5 Å². The number of rotatable bonds is 6. The van der Waals surface area contributed by atoms with E-state index in [1.54, 1.807) is 0 Å². The molecule has 23 heavy (non-hydrogen) atoms. The first-order chi connectivity index (χ1) is 10.8. The first-order valence-corrected chi connectivity index (χ1v) is 8.61. The highest BCUT2D eigenvalue weighted by Crippen LogP contribution is 2.29. The Morgan fingerprint density at radius 1 is 1.26 bits per heavy atom. The highest BCUT2D eigenvalue weighted by atomic mass is 16.6. The van der Waals surface area contributed by atoms with Gasteiger partial charge in [0.15, 0.2) is 0 Å². The molecule has 2 N–H and O–H groups in total. The Hall–Kier alpha value is -1.49. The first kappa shape index (κ1) is 17.9. The van der Waals surface area contributed by atoms with Crippen molar-refractivity contribution in [3.63, 3.8) is 0 Å². The zero-order chi connectivity index (χ0) is 16.9. The van der Waals surface area contributed by atoms with Crippen molar-refractivity contribution in [1.82, 2.24) is 10.6 Å². The van der Waals surface area contributed by atoms with E-state index in [2.05, 4.69) is 17.6 Å². The lowest BCUT2D eigenvalue weighted by Crippen LogP contribution is -2.51. The van der Waals surface area contributed by atoms with Gasteiger partial charge in [-0.1, -0.05) is 19.8 Å². The van der Waals surface area contributed by atoms with Gasteiger partial charge in [0, 0.05) is 18.5 Å². The number of carbonyl (C=O) groups is 1. The van der Waals surface area contributed by atoms with E-state index < -0.39 is 5.60 Å². The standard InChI is InChI=1S/C18H30N2O3/c1-5-14-8-9-15(22-14)12-20-18(10-6-7-11-18)13-19-16(21)23-17(2,3)4/h8-9,20H,5-7,10-13H2,1-4H3,(H,19,21). The van der Waals surface area contributed by atoms with Gasteiger partial charge in [-0.25, -0.2) is 4.79 Å². The van der Waals surface area contributed by atoms with Crippen molar-refractivity contribution >= 4 is 6.09 Å². The molecule has 1 fully saturated rings. The van der Waals surface area contributed by atoms with Crippen LogP contribution in [0, 0.1) is 0 Å². The third kappa shape index (κ3) is 5.57. The fourth-order valence-electron chi connectivity index (χ4n) is 3.01. The fourth-order valence-corrected chi connectivity index (χ4v) is 3.01. The SMILES string of the molecule is CCc1ccc(CNC2(CNC(=O)OC(C)(C)C)CCCC2)o1. The Bertz CT molecular complexity index is 511. The first-order valence-electron chi connectivity index (χ1n) is 8.61. The van der Waals surface area contributed by atoms with Crippen LogP contribution < -0.4 is 10.6 Å². The number of alkyl carbamates (subject to hydrolysis) is 1. The molecule has 0 saturated heterocycles. The van der Waals surface area contributed by atoms with Crippen LogP contribution in [-0.4, -0.2) is 23.8 Å². The van der Waals surface area contributed by atoms with Crippen LogP contribution in [0.1, 0.15) is 64.9 Å². The van der Waals surface area contributed by atoms with Crippen LogP contribution in [0.25, 0.3) is 0 Å². The molecule has 5 nitrogen and oxygen atoms in total. The normalized spacial score (nSPS) is 17.2. The molecule has 130 valence electrons. The van der Waals surface area contributed by atoms with Crippen molar-refractivity contribution < 1.29 is 13.9 Å². The lowest BCUT2D eigenvalue weighted by atomic mass is 9.97. The van der Waals surface area contributed by atoms with Gasteiger partial charge in [0.05, 0.1) is 6.54 Å². The van der Waals surface area contributed by atoms with Gasteiger partial charge >= 0.3 is 6.09 Å². The number of aryl methyl sites for hydroxylation is 1. The highest BCUT2D eigenvalue weighted by molar-refractivity contribution is 5.67. The third-order valence-electron chi connectivity index (χ3n) is 4.23. The van der Waals surface area contributed by atoms with E-state index in [1.807, 2.05) is 32.9 Å². The lowest BCUT2D eigenvalue weighted by Gasteiger charge is -2.31. The second kappa shape index (κ2) is 7.39. The molecule has 1 aromatic rings. The second-order valence-corrected chi connectivity index (χ2v) is 7.42. The average Bonchev–Trinajstić information content (AvgIpc) is 3.11. The van der Waals surface area contributed by atoms with Gasteiger partial charge in [0.1, 0.15) is 17.1 Å². The van der Waals surface area contributed by atoms with E-state index in [1.165, 1.54) is 12.8 Å². The molecule has 1 aromatic heterocycles. The molecular weight excluding hydrogens is 292 g/mol. The summed E-state index contributed by atoms with van der Waals surface area (Å²) in [6.07, 6.45) is 5.04. The van der Waals surface area contributed by atoms with Crippen LogP contribution in [0.3, 0.4) is 0 Å². The molecule has 0 spiro atoms. The Balaban J connectivity index is 1.87. The maximum Gasteiger partial charge on any atom is 0.407 e. The minimum absolute atomic E-state index is 0.0595. The fraction of sp³-hybridized carbons (Fsp3) is 0.722. The topological polar surface area (TPSA) is 63.5 Å². The second-order valence-electron chi connectivity index (χ2n) is 7.42. The van der Waals surface area contributed by atoms with Crippen LogP contribution >= 0.6 is 0 Å². The van der Waals surface area contributed by atoms with Gasteiger partial charge < -0.3 is 19.8 Å². The molecule has 0 bridgehead atoms. The molecule has 1 aliphatic rings. The largest absolute Gasteiger partial charge is 0.465 e. The molecule has 1 heterocycles. The third-order valence-corrected chi connectivity index (χ3v) is 4.23. The Morgan fingerprint density at radius 3 is 2.48 bits per heavy atom.